The molecular weight excluding hydrogens is 271 g/mol. The number of piperidine rings is 1. The van der Waals surface area contributed by atoms with Gasteiger partial charge in [0.2, 0.25) is 0 Å². The van der Waals surface area contributed by atoms with E-state index in [0.717, 1.165) is 6.42 Å². The molecule has 3 unspecified atom stereocenters. The Kier molecular flexibility index (Phi) is 5.31. The summed E-state index contributed by atoms with van der Waals surface area (Å²) in [6, 6.07) is 5.49. The van der Waals surface area contributed by atoms with Gasteiger partial charge in [0.05, 0.1) is 6.10 Å². The minimum absolute atomic E-state index is 0.0720. The highest BCUT2D eigenvalue weighted by atomic mass is 19.1. The number of likely N-dealkylation sites (tertiary alicyclic amines) is 1. The third kappa shape index (κ3) is 4.25. The molecule has 0 aromatic heterocycles. The van der Waals surface area contributed by atoms with E-state index in [0.29, 0.717) is 31.5 Å². The van der Waals surface area contributed by atoms with E-state index in [4.69, 9.17) is 5.73 Å². The van der Waals surface area contributed by atoms with Crippen molar-refractivity contribution in [3.8, 4) is 0 Å². The number of amides is 1. The number of halogens is 1. The predicted octanol–water partition coefficient (Wildman–Crippen LogP) is 1.78. The highest BCUT2D eigenvalue weighted by Crippen LogP contribution is 2.23. The first kappa shape index (κ1) is 15.9. The third-order valence-corrected chi connectivity index (χ3v) is 4.02. The number of aliphatic hydroxyl groups excluding tert-OH is 1. The van der Waals surface area contributed by atoms with E-state index in [1.54, 1.807) is 4.90 Å². The van der Waals surface area contributed by atoms with Crippen LogP contribution in [-0.4, -0.2) is 41.1 Å². The number of carbonyl (C=O) groups is 1. The normalized spacial score (nSPS) is 23.9. The number of carbonyl (C=O) groups excluding carboxylic acids is 1. The Morgan fingerprint density at radius 3 is 2.71 bits per heavy atom. The van der Waals surface area contributed by atoms with Crippen LogP contribution in [-0.2, 0) is 0 Å². The first-order valence-electron chi connectivity index (χ1n) is 7.48. The van der Waals surface area contributed by atoms with Crippen molar-refractivity contribution in [1.82, 2.24) is 4.90 Å². The lowest BCUT2D eigenvalue weighted by Crippen LogP contribution is -2.50. The Labute approximate surface area is 124 Å². The minimum Gasteiger partial charge on any atom is -0.393 e. The summed E-state index contributed by atoms with van der Waals surface area (Å²) < 4.78 is 12.9. The van der Waals surface area contributed by atoms with Gasteiger partial charge in [0.25, 0.3) is 5.91 Å². The molecule has 21 heavy (non-hydrogen) atoms. The van der Waals surface area contributed by atoms with Crippen molar-refractivity contribution < 1.29 is 14.3 Å². The number of nitrogens with zero attached hydrogens (tertiary/aromatic N) is 1. The standard InChI is InChI=1S/C16H23FN2O2/c1-2-15(20)8-11-7-14(18)10-19(9-11)16(21)12-3-5-13(17)6-4-12/h3-6,11,14-15,20H,2,7-10,18H2,1H3. The Bertz CT molecular complexity index is 478. The number of hydrogen-bond acceptors (Lipinski definition) is 3. The highest BCUT2D eigenvalue weighted by Gasteiger charge is 2.29. The van der Waals surface area contributed by atoms with Gasteiger partial charge in [0.15, 0.2) is 0 Å². The number of aliphatic hydroxyl groups is 1. The fourth-order valence-electron chi connectivity index (χ4n) is 2.91. The Morgan fingerprint density at radius 2 is 2.10 bits per heavy atom. The molecule has 1 saturated heterocycles. The van der Waals surface area contributed by atoms with E-state index in [1.165, 1.54) is 24.3 Å². The lowest BCUT2D eigenvalue weighted by atomic mass is 9.89. The molecule has 0 bridgehead atoms. The van der Waals surface area contributed by atoms with Crippen LogP contribution in [0.1, 0.15) is 36.5 Å². The second-order valence-corrected chi connectivity index (χ2v) is 5.88. The summed E-state index contributed by atoms with van der Waals surface area (Å²) in [6.45, 7) is 3.05. The van der Waals surface area contributed by atoms with Crippen molar-refractivity contribution in [2.45, 2.75) is 38.3 Å². The number of benzene rings is 1. The molecule has 0 radical (unpaired) electrons. The van der Waals surface area contributed by atoms with Crippen molar-refractivity contribution >= 4 is 5.91 Å². The van der Waals surface area contributed by atoms with Crippen LogP contribution in [0, 0.1) is 11.7 Å². The summed E-state index contributed by atoms with van der Waals surface area (Å²) >= 11 is 0. The van der Waals surface area contributed by atoms with Crippen LogP contribution in [0.2, 0.25) is 0 Å². The van der Waals surface area contributed by atoms with E-state index >= 15 is 0 Å². The summed E-state index contributed by atoms with van der Waals surface area (Å²) in [5.74, 6) is -0.264. The van der Waals surface area contributed by atoms with Crippen molar-refractivity contribution in [2.24, 2.45) is 11.7 Å². The number of rotatable bonds is 4. The Morgan fingerprint density at radius 1 is 1.43 bits per heavy atom. The van der Waals surface area contributed by atoms with Gasteiger partial charge in [-0.15, -0.1) is 0 Å². The fourth-order valence-corrected chi connectivity index (χ4v) is 2.91. The second-order valence-electron chi connectivity index (χ2n) is 5.88. The van der Waals surface area contributed by atoms with E-state index < -0.39 is 0 Å². The van der Waals surface area contributed by atoms with Crippen molar-refractivity contribution in [3.05, 3.63) is 35.6 Å². The molecule has 2 rings (SSSR count). The van der Waals surface area contributed by atoms with E-state index in [9.17, 15) is 14.3 Å². The summed E-state index contributed by atoms with van der Waals surface area (Å²) in [6.07, 6.45) is 1.85. The maximum Gasteiger partial charge on any atom is 0.253 e. The summed E-state index contributed by atoms with van der Waals surface area (Å²) in [7, 11) is 0. The monoisotopic (exact) mass is 294 g/mol. The zero-order chi connectivity index (χ0) is 15.4. The van der Waals surface area contributed by atoms with Gasteiger partial charge in [-0.1, -0.05) is 6.92 Å². The molecule has 0 aliphatic carbocycles. The summed E-state index contributed by atoms with van der Waals surface area (Å²) in [5.41, 5.74) is 6.51. The largest absolute Gasteiger partial charge is 0.393 e. The number of nitrogens with two attached hydrogens (primary N) is 1. The molecule has 1 heterocycles. The molecule has 1 aromatic rings. The van der Waals surface area contributed by atoms with Gasteiger partial charge < -0.3 is 15.7 Å². The van der Waals surface area contributed by atoms with Crippen LogP contribution in [0.5, 0.6) is 0 Å². The van der Waals surface area contributed by atoms with Crippen LogP contribution in [0.25, 0.3) is 0 Å². The van der Waals surface area contributed by atoms with E-state index in [2.05, 4.69) is 0 Å². The van der Waals surface area contributed by atoms with Crippen LogP contribution in [0.3, 0.4) is 0 Å². The summed E-state index contributed by atoms with van der Waals surface area (Å²) in [4.78, 5) is 14.2. The fraction of sp³-hybridized carbons (Fsp3) is 0.562. The predicted molar refractivity (Wildman–Crippen MR) is 79.3 cm³/mol. The van der Waals surface area contributed by atoms with Crippen molar-refractivity contribution in [3.63, 3.8) is 0 Å². The summed E-state index contributed by atoms with van der Waals surface area (Å²) in [5, 5.41) is 9.78. The topological polar surface area (TPSA) is 66.6 Å². The quantitative estimate of drug-likeness (QED) is 0.889. The molecule has 1 aliphatic rings. The van der Waals surface area contributed by atoms with Crippen LogP contribution < -0.4 is 5.73 Å². The van der Waals surface area contributed by atoms with Gasteiger partial charge in [0.1, 0.15) is 5.82 Å². The SMILES string of the molecule is CCC(O)CC1CC(N)CN(C(=O)c2ccc(F)cc2)C1. The number of hydrogen-bond donors (Lipinski definition) is 2. The molecule has 0 spiro atoms. The zero-order valence-electron chi connectivity index (χ0n) is 12.3. The zero-order valence-corrected chi connectivity index (χ0v) is 12.3. The molecule has 116 valence electrons. The van der Waals surface area contributed by atoms with Gasteiger partial charge >= 0.3 is 0 Å². The van der Waals surface area contributed by atoms with Crippen LogP contribution in [0.4, 0.5) is 4.39 Å². The molecule has 1 aliphatic heterocycles. The van der Waals surface area contributed by atoms with Gasteiger partial charge in [-0.25, -0.2) is 4.39 Å². The maximum atomic E-state index is 12.9. The second kappa shape index (κ2) is 7.00. The van der Waals surface area contributed by atoms with Gasteiger partial charge in [-0.2, -0.15) is 0 Å². The molecule has 0 saturated carbocycles. The molecule has 5 heteroatoms. The highest BCUT2D eigenvalue weighted by molar-refractivity contribution is 5.94. The van der Waals surface area contributed by atoms with Crippen molar-refractivity contribution in [2.75, 3.05) is 13.1 Å². The average molecular weight is 294 g/mol. The molecule has 3 atom stereocenters. The lowest BCUT2D eigenvalue weighted by Gasteiger charge is -2.37. The molecular formula is C16H23FN2O2. The Balaban J connectivity index is 2.04. The lowest BCUT2D eigenvalue weighted by molar-refractivity contribution is 0.0568. The van der Waals surface area contributed by atoms with E-state index in [-0.39, 0.29) is 29.8 Å². The maximum absolute atomic E-state index is 12.9. The van der Waals surface area contributed by atoms with Crippen LogP contribution in [0.15, 0.2) is 24.3 Å². The molecule has 1 amide bonds. The first-order valence-corrected chi connectivity index (χ1v) is 7.48. The van der Waals surface area contributed by atoms with Crippen molar-refractivity contribution in [1.29, 1.82) is 0 Å². The first-order chi connectivity index (χ1) is 9.99. The molecule has 1 aromatic carbocycles. The molecule has 1 fully saturated rings. The molecule has 4 nitrogen and oxygen atoms in total. The average Bonchev–Trinajstić information content (AvgIpc) is 2.46. The van der Waals surface area contributed by atoms with Gasteiger partial charge in [0, 0.05) is 24.7 Å². The van der Waals surface area contributed by atoms with Gasteiger partial charge in [-0.05, 0) is 49.4 Å². The van der Waals surface area contributed by atoms with E-state index in [1.807, 2.05) is 6.92 Å². The third-order valence-electron chi connectivity index (χ3n) is 4.02. The Hall–Kier alpha value is -1.46. The van der Waals surface area contributed by atoms with Gasteiger partial charge in [-0.3, -0.25) is 4.79 Å². The molecule has 3 N–H and O–H groups in total. The smallest absolute Gasteiger partial charge is 0.253 e. The van der Waals surface area contributed by atoms with Crippen LogP contribution >= 0.6 is 0 Å². The minimum atomic E-state index is -0.356.